The Morgan fingerprint density at radius 1 is 1.26 bits per heavy atom. The van der Waals surface area contributed by atoms with Crippen molar-refractivity contribution in [1.29, 1.82) is 0 Å². The third-order valence-electron chi connectivity index (χ3n) is 5.37. The van der Waals surface area contributed by atoms with Crippen molar-refractivity contribution < 1.29 is 9.90 Å². The molecular weight excluding hydrogens is 338 g/mol. The van der Waals surface area contributed by atoms with Gasteiger partial charge >= 0.3 is 0 Å². The smallest absolute Gasteiger partial charge is 0.202 e. The van der Waals surface area contributed by atoms with Gasteiger partial charge in [0.1, 0.15) is 0 Å². The number of rotatable bonds is 7. The highest BCUT2D eigenvalue weighted by molar-refractivity contribution is 5.94. The molecule has 1 aromatic carbocycles. The number of nitrogens with zero attached hydrogens (tertiary/aromatic N) is 3. The normalized spacial score (nSPS) is 18.6. The van der Waals surface area contributed by atoms with E-state index in [0.29, 0.717) is 5.82 Å². The summed E-state index contributed by atoms with van der Waals surface area (Å²) in [4.78, 5) is 19.3. The molecule has 0 saturated carbocycles. The third kappa shape index (κ3) is 5.50. The highest BCUT2D eigenvalue weighted by Crippen LogP contribution is 2.22. The second-order valence-electron chi connectivity index (χ2n) is 8.43. The first-order valence-corrected chi connectivity index (χ1v) is 9.86. The van der Waals surface area contributed by atoms with Gasteiger partial charge in [-0.3, -0.25) is 9.69 Å². The van der Waals surface area contributed by atoms with Crippen molar-refractivity contribution in [2.24, 2.45) is 13.0 Å². The number of hydrogen-bond acceptors (Lipinski definition) is 4. The third-order valence-corrected chi connectivity index (χ3v) is 5.37. The molecule has 2 heterocycles. The molecule has 5 heteroatoms. The van der Waals surface area contributed by atoms with E-state index in [-0.39, 0.29) is 11.7 Å². The summed E-state index contributed by atoms with van der Waals surface area (Å²) >= 11 is 0. The van der Waals surface area contributed by atoms with Crippen LogP contribution in [0.3, 0.4) is 0 Å². The van der Waals surface area contributed by atoms with Gasteiger partial charge in [0.15, 0.2) is 5.82 Å². The number of Topliss-reactive ketones (excluding diaryl/α,β-unsaturated/α-hetero) is 1. The number of carbonyl (C=O) groups excluding carboxylic acids is 1. The molecule has 5 nitrogen and oxygen atoms in total. The largest absolute Gasteiger partial charge is 0.390 e. The highest BCUT2D eigenvalue weighted by atomic mass is 16.3. The van der Waals surface area contributed by atoms with Crippen LogP contribution in [0.1, 0.15) is 54.9 Å². The predicted octanol–water partition coefficient (Wildman–Crippen LogP) is 3.22. The van der Waals surface area contributed by atoms with E-state index in [1.165, 1.54) is 11.1 Å². The molecule has 1 saturated heterocycles. The van der Waals surface area contributed by atoms with Gasteiger partial charge in [-0.1, -0.05) is 24.3 Å². The van der Waals surface area contributed by atoms with Crippen molar-refractivity contribution in [3.63, 3.8) is 0 Å². The van der Waals surface area contributed by atoms with Crippen molar-refractivity contribution in [1.82, 2.24) is 14.5 Å². The number of hydrogen-bond donors (Lipinski definition) is 1. The Labute approximate surface area is 162 Å². The Morgan fingerprint density at radius 3 is 2.59 bits per heavy atom. The van der Waals surface area contributed by atoms with Crippen molar-refractivity contribution in [3.8, 4) is 0 Å². The quantitative estimate of drug-likeness (QED) is 0.762. The van der Waals surface area contributed by atoms with Gasteiger partial charge in [0, 0.05) is 38.4 Å². The van der Waals surface area contributed by atoms with E-state index in [2.05, 4.69) is 34.1 Å². The van der Waals surface area contributed by atoms with Crippen LogP contribution in [0.15, 0.2) is 36.7 Å². The SMILES string of the molecule is Cn1ccnc1C(=O)[C@@H]1CCCN(Cc2ccc(CCC(C)(C)O)cc2)C1. The van der Waals surface area contributed by atoms with Crippen LogP contribution in [-0.4, -0.2) is 44.0 Å². The highest BCUT2D eigenvalue weighted by Gasteiger charge is 2.28. The average Bonchev–Trinajstić information content (AvgIpc) is 3.06. The number of aliphatic hydroxyl groups is 1. The van der Waals surface area contributed by atoms with Gasteiger partial charge in [0.05, 0.1) is 5.60 Å². The van der Waals surface area contributed by atoms with E-state index >= 15 is 0 Å². The van der Waals surface area contributed by atoms with E-state index < -0.39 is 5.60 Å². The number of imidazole rings is 1. The van der Waals surface area contributed by atoms with Gasteiger partial charge in [-0.15, -0.1) is 0 Å². The lowest BCUT2D eigenvalue weighted by atomic mass is 9.93. The van der Waals surface area contributed by atoms with Crippen LogP contribution in [0.25, 0.3) is 0 Å². The second-order valence-corrected chi connectivity index (χ2v) is 8.43. The molecule has 0 aliphatic carbocycles. The molecule has 3 rings (SSSR count). The number of aryl methyl sites for hydroxylation is 2. The van der Waals surface area contributed by atoms with E-state index in [0.717, 1.165) is 45.3 Å². The average molecular weight is 370 g/mol. The predicted molar refractivity (Wildman–Crippen MR) is 107 cm³/mol. The number of carbonyl (C=O) groups is 1. The van der Waals surface area contributed by atoms with Gasteiger partial charge in [-0.25, -0.2) is 4.98 Å². The Hall–Kier alpha value is -1.98. The van der Waals surface area contributed by atoms with Crippen LogP contribution in [0.5, 0.6) is 0 Å². The summed E-state index contributed by atoms with van der Waals surface area (Å²) in [5.41, 5.74) is 1.90. The van der Waals surface area contributed by atoms with Gasteiger partial charge in [0.25, 0.3) is 0 Å². The summed E-state index contributed by atoms with van der Waals surface area (Å²) in [6, 6.07) is 8.65. The molecule has 1 N–H and O–H groups in total. The van der Waals surface area contributed by atoms with Gasteiger partial charge in [-0.05, 0) is 57.2 Å². The Balaban J connectivity index is 1.56. The summed E-state index contributed by atoms with van der Waals surface area (Å²) in [7, 11) is 1.88. The van der Waals surface area contributed by atoms with Gasteiger partial charge in [-0.2, -0.15) is 0 Å². The first-order valence-electron chi connectivity index (χ1n) is 9.86. The minimum atomic E-state index is -0.624. The molecule has 1 aromatic heterocycles. The number of piperidine rings is 1. The van der Waals surface area contributed by atoms with Crippen LogP contribution in [0, 0.1) is 5.92 Å². The minimum absolute atomic E-state index is 0.0332. The maximum absolute atomic E-state index is 12.7. The molecule has 0 amide bonds. The van der Waals surface area contributed by atoms with Crippen LogP contribution in [0.2, 0.25) is 0 Å². The molecule has 0 spiro atoms. The lowest BCUT2D eigenvalue weighted by molar-refractivity contribution is 0.0713. The van der Waals surface area contributed by atoms with Gasteiger partial charge in [0.2, 0.25) is 5.78 Å². The summed E-state index contributed by atoms with van der Waals surface area (Å²) in [6.45, 7) is 6.40. The number of ketones is 1. The Bertz CT molecular complexity index is 759. The second kappa shape index (κ2) is 8.36. The Morgan fingerprint density at radius 2 is 1.96 bits per heavy atom. The van der Waals surface area contributed by atoms with Crippen molar-refractivity contribution in [2.75, 3.05) is 13.1 Å². The van der Waals surface area contributed by atoms with Crippen molar-refractivity contribution in [2.45, 2.75) is 51.7 Å². The summed E-state index contributed by atoms with van der Waals surface area (Å²) in [6.07, 6.45) is 7.15. The number of likely N-dealkylation sites (tertiary alicyclic amines) is 1. The monoisotopic (exact) mass is 369 g/mol. The Kier molecular flexibility index (Phi) is 6.12. The number of aromatic nitrogens is 2. The fraction of sp³-hybridized carbons (Fsp3) is 0.545. The maximum Gasteiger partial charge on any atom is 0.202 e. The lowest BCUT2D eigenvalue weighted by Crippen LogP contribution is -2.38. The molecule has 27 heavy (non-hydrogen) atoms. The molecule has 0 bridgehead atoms. The molecule has 1 aliphatic heterocycles. The zero-order valence-electron chi connectivity index (χ0n) is 16.7. The summed E-state index contributed by atoms with van der Waals surface area (Å²) < 4.78 is 1.81. The number of benzene rings is 1. The molecule has 2 aromatic rings. The lowest BCUT2D eigenvalue weighted by Gasteiger charge is -2.31. The van der Waals surface area contributed by atoms with E-state index in [1.54, 1.807) is 6.20 Å². The van der Waals surface area contributed by atoms with E-state index in [1.807, 2.05) is 31.7 Å². The zero-order valence-corrected chi connectivity index (χ0v) is 16.7. The first-order chi connectivity index (χ1) is 12.8. The molecule has 1 fully saturated rings. The summed E-state index contributed by atoms with van der Waals surface area (Å²) in [5, 5.41) is 9.87. The fourth-order valence-corrected chi connectivity index (χ4v) is 3.72. The van der Waals surface area contributed by atoms with Crippen LogP contribution >= 0.6 is 0 Å². The fourth-order valence-electron chi connectivity index (χ4n) is 3.72. The van der Waals surface area contributed by atoms with Crippen molar-refractivity contribution in [3.05, 3.63) is 53.6 Å². The van der Waals surface area contributed by atoms with Gasteiger partial charge < -0.3 is 9.67 Å². The standard InChI is InChI=1S/C22H31N3O2/c1-22(2,27)11-10-17-6-8-18(9-7-17)15-25-13-4-5-19(16-25)20(26)21-23-12-14-24(21)3/h6-9,12,14,19,27H,4-5,10-11,13,15-16H2,1-3H3/t19-/m1/s1. The summed E-state index contributed by atoms with van der Waals surface area (Å²) in [5.74, 6) is 0.762. The molecule has 146 valence electrons. The molecule has 0 radical (unpaired) electrons. The molecule has 1 atom stereocenters. The van der Waals surface area contributed by atoms with Crippen LogP contribution in [0.4, 0.5) is 0 Å². The zero-order chi connectivity index (χ0) is 19.4. The maximum atomic E-state index is 12.7. The molecule has 1 aliphatic rings. The first kappa shape index (κ1) is 19.8. The van der Waals surface area contributed by atoms with Crippen LogP contribution < -0.4 is 0 Å². The van der Waals surface area contributed by atoms with Crippen LogP contribution in [-0.2, 0) is 20.0 Å². The minimum Gasteiger partial charge on any atom is -0.390 e. The molecule has 0 unspecified atom stereocenters. The van der Waals surface area contributed by atoms with E-state index in [9.17, 15) is 9.90 Å². The topological polar surface area (TPSA) is 58.4 Å². The van der Waals surface area contributed by atoms with Crippen molar-refractivity contribution >= 4 is 5.78 Å². The van der Waals surface area contributed by atoms with E-state index in [4.69, 9.17) is 0 Å². The molecular formula is C22H31N3O2.